The Hall–Kier alpha value is -0.860. The van der Waals surface area contributed by atoms with E-state index in [4.69, 9.17) is 4.74 Å². The van der Waals surface area contributed by atoms with E-state index >= 15 is 0 Å². The SMILES string of the molecule is CCCNCCc1ccccc1COCCC1CCC1. The summed E-state index contributed by atoms with van der Waals surface area (Å²) in [7, 11) is 0. The molecular formula is C18H29NO. The Morgan fingerprint density at radius 2 is 1.95 bits per heavy atom. The van der Waals surface area contributed by atoms with E-state index < -0.39 is 0 Å². The molecule has 20 heavy (non-hydrogen) atoms. The molecular weight excluding hydrogens is 246 g/mol. The average molecular weight is 275 g/mol. The van der Waals surface area contributed by atoms with Gasteiger partial charge in [-0.1, -0.05) is 50.5 Å². The third kappa shape index (κ3) is 5.26. The van der Waals surface area contributed by atoms with Crippen molar-refractivity contribution in [3.63, 3.8) is 0 Å². The zero-order valence-corrected chi connectivity index (χ0v) is 12.9. The van der Waals surface area contributed by atoms with Crippen molar-refractivity contribution in [1.29, 1.82) is 0 Å². The zero-order chi connectivity index (χ0) is 14.0. The molecule has 1 aliphatic rings. The van der Waals surface area contributed by atoms with Crippen LogP contribution in [-0.4, -0.2) is 19.7 Å². The predicted molar refractivity (Wildman–Crippen MR) is 84.9 cm³/mol. The van der Waals surface area contributed by atoms with Crippen LogP contribution >= 0.6 is 0 Å². The van der Waals surface area contributed by atoms with Crippen molar-refractivity contribution in [2.75, 3.05) is 19.7 Å². The third-order valence-electron chi connectivity index (χ3n) is 4.27. The van der Waals surface area contributed by atoms with Crippen LogP contribution in [0.1, 0.15) is 50.2 Å². The number of rotatable bonds is 10. The molecule has 0 aromatic heterocycles. The minimum atomic E-state index is 0.774. The summed E-state index contributed by atoms with van der Waals surface area (Å²) in [4.78, 5) is 0. The van der Waals surface area contributed by atoms with E-state index in [9.17, 15) is 0 Å². The zero-order valence-electron chi connectivity index (χ0n) is 12.9. The molecule has 0 heterocycles. The van der Waals surface area contributed by atoms with Gasteiger partial charge in [0.25, 0.3) is 0 Å². The Morgan fingerprint density at radius 1 is 1.15 bits per heavy atom. The van der Waals surface area contributed by atoms with Crippen LogP contribution in [0, 0.1) is 5.92 Å². The molecule has 0 aliphatic heterocycles. The van der Waals surface area contributed by atoms with Crippen molar-refractivity contribution in [3.05, 3.63) is 35.4 Å². The highest BCUT2D eigenvalue weighted by atomic mass is 16.5. The fourth-order valence-electron chi connectivity index (χ4n) is 2.68. The minimum Gasteiger partial charge on any atom is -0.377 e. The van der Waals surface area contributed by atoms with Gasteiger partial charge in [0.05, 0.1) is 6.61 Å². The molecule has 1 aromatic rings. The highest BCUT2D eigenvalue weighted by Crippen LogP contribution is 2.29. The Bertz CT molecular complexity index is 373. The Balaban J connectivity index is 1.68. The predicted octanol–water partition coefficient (Wildman–Crippen LogP) is 3.94. The van der Waals surface area contributed by atoms with Crippen molar-refractivity contribution < 1.29 is 4.74 Å². The largest absolute Gasteiger partial charge is 0.377 e. The molecule has 2 nitrogen and oxygen atoms in total. The van der Waals surface area contributed by atoms with Crippen LogP contribution in [0.3, 0.4) is 0 Å². The van der Waals surface area contributed by atoms with Gasteiger partial charge in [-0.05, 0) is 49.4 Å². The summed E-state index contributed by atoms with van der Waals surface area (Å²) in [5.41, 5.74) is 2.79. The van der Waals surface area contributed by atoms with Crippen LogP contribution in [0.4, 0.5) is 0 Å². The Labute approximate surface area is 123 Å². The first-order valence-electron chi connectivity index (χ1n) is 8.25. The van der Waals surface area contributed by atoms with E-state index in [2.05, 4.69) is 36.5 Å². The van der Waals surface area contributed by atoms with Gasteiger partial charge < -0.3 is 10.1 Å². The molecule has 1 fully saturated rings. The van der Waals surface area contributed by atoms with E-state index in [1.54, 1.807) is 0 Å². The third-order valence-corrected chi connectivity index (χ3v) is 4.27. The maximum Gasteiger partial charge on any atom is 0.0719 e. The van der Waals surface area contributed by atoms with Crippen molar-refractivity contribution in [2.24, 2.45) is 5.92 Å². The second kappa shape index (κ2) is 9.15. The second-order valence-corrected chi connectivity index (χ2v) is 5.91. The van der Waals surface area contributed by atoms with E-state index in [1.807, 2.05) is 0 Å². The molecule has 0 unspecified atom stereocenters. The topological polar surface area (TPSA) is 21.3 Å². The summed E-state index contributed by atoms with van der Waals surface area (Å²) in [5, 5.41) is 3.47. The average Bonchev–Trinajstić information content (AvgIpc) is 2.43. The summed E-state index contributed by atoms with van der Waals surface area (Å²) < 4.78 is 5.87. The summed E-state index contributed by atoms with van der Waals surface area (Å²) >= 11 is 0. The number of hydrogen-bond acceptors (Lipinski definition) is 2. The van der Waals surface area contributed by atoms with Crippen LogP contribution in [0.5, 0.6) is 0 Å². The van der Waals surface area contributed by atoms with Crippen molar-refractivity contribution >= 4 is 0 Å². The van der Waals surface area contributed by atoms with E-state index in [0.717, 1.165) is 38.6 Å². The lowest BCUT2D eigenvalue weighted by Crippen LogP contribution is -2.18. The van der Waals surface area contributed by atoms with Gasteiger partial charge in [0.2, 0.25) is 0 Å². The Morgan fingerprint density at radius 3 is 2.65 bits per heavy atom. The lowest BCUT2D eigenvalue weighted by molar-refractivity contribution is 0.0945. The highest BCUT2D eigenvalue weighted by molar-refractivity contribution is 5.26. The molecule has 0 radical (unpaired) electrons. The van der Waals surface area contributed by atoms with Gasteiger partial charge in [0.1, 0.15) is 0 Å². The standard InChI is InChI=1S/C18H29NO/c1-2-12-19-13-10-17-8-3-4-9-18(17)15-20-14-11-16-6-5-7-16/h3-4,8-9,16,19H,2,5-7,10-15H2,1H3. The molecule has 1 saturated carbocycles. The lowest BCUT2D eigenvalue weighted by atomic mass is 9.83. The van der Waals surface area contributed by atoms with E-state index in [0.29, 0.717) is 0 Å². The maximum atomic E-state index is 5.87. The molecule has 0 bridgehead atoms. The number of nitrogens with one attached hydrogen (secondary N) is 1. The van der Waals surface area contributed by atoms with Crippen LogP contribution in [0.2, 0.25) is 0 Å². The van der Waals surface area contributed by atoms with Gasteiger partial charge in [-0.2, -0.15) is 0 Å². The summed E-state index contributed by atoms with van der Waals surface area (Å²) in [6.07, 6.45) is 7.82. The van der Waals surface area contributed by atoms with Crippen LogP contribution in [-0.2, 0) is 17.8 Å². The van der Waals surface area contributed by atoms with Gasteiger partial charge in [-0.3, -0.25) is 0 Å². The highest BCUT2D eigenvalue weighted by Gasteiger charge is 2.16. The molecule has 0 amide bonds. The fraction of sp³-hybridized carbons (Fsp3) is 0.667. The van der Waals surface area contributed by atoms with Crippen LogP contribution in [0.15, 0.2) is 24.3 Å². The molecule has 0 saturated heterocycles. The molecule has 1 aliphatic carbocycles. The van der Waals surface area contributed by atoms with Gasteiger partial charge in [0, 0.05) is 6.61 Å². The molecule has 1 N–H and O–H groups in total. The summed E-state index contributed by atoms with van der Waals surface area (Å²) in [6, 6.07) is 8.69. The van der Waals surface area contributed by atoms with Gasteiger partial charge in [-0.25, -0.2) is 0 Å². The first-order chi connectivity index (χ1) is 9.90. The van der Waals surface area contributed by atoms with Gasteiger partial charge in [-0.15, -0.1) is 0 Å². The van der Waals surface area contributed by atoms with Crippen molar-refractivity contribution in [2.45, 2.75) is 52.1 Å². The molecule has 112 valence electrons. The van der Waals surface area contributed by atoms with Crippen molar-refractivity contribution in [3.8, 4) is 0 Å². The van der Waals surface area contributed by atoms with Crippen molar-refractivity contribution in [1.82, 2.24) is 5.32 Å². The normalized spacial score (nSPS) is 15.2. The fourth-order valence-corrected chi connectivity index (χ4v) is 2.68. The number of hydrogen-bond donors (Lipinski definition) is 1. The smallest absolute Gasteiger partial charge is 0.0719 e. The quantitative estimate of drug-likeness (QED) is 0.653. The van der Waals surface area contributed by atoms with Crippen LogP contribution in [0.25, 0.3) is 0 Å². The maximum absolute atomic E-state index is 5.87. The number of benzene rings is 1. The van der Waals surface area contributed by atoms with E-state index in [1.165, 1.54) is 43.2 Å². The van der Waals surface area contributed by atoms with Crippen LogP contribution < -0.4 is 5.32 Å². The lowest BCUT2D eigenvalue weighted by Gasteiger charge is -2.25. The molecule has 0 spiro atoms. The van der Waals surface area contributed by atoms with Gasteiger partial charge in [0.15, 0.2) is 0 Å². The molecule has 1 aromatic carbocycles. The van der Waals surface area contributed by atoms with E-state index in [-0.39, 0.29) is 0 Å². The molecule has 2 rings (SSSR count). The number of ether oxygens (including phenoxy) is 1. The van der Waals surface area contributed by atoms with Gasteiger partial charge >= 0.3 is 0 Å². The molecule has 2 heteroatoms. The minimum absolute atomic E-state index is 0.774. The monoisotopic (exact) mass is 275 g/mol. The first-order valence-corrected chi connectivity index (χ1v) is 8.25. The summed E-state index contributed by atoms with van der Waals surface area (Å²) in [5.74, 6) is 0.948. The Kier molecular flexibility index (Phi) is 7.10. The summed E-state index contributed by atoms with van der Waals surface area (Å²) in [6.45, 7) is 6.08. The first kappa shape index (κ1) is 15.5. The molecule has 0 atom stereocenters. The second-order valence-electron chi connectivity index (χ2n) is 5.91.